The number of hydrogen-bond acceptors (Lipinski definition) is 11. The Morgan fingerprint density at radius 1 is 1.22 bits per heavy atom. The Morgan fingerprint density at radius 3 is 2.68 bits per heavy atom. The lowest BCUT2D eigenvalue weighted by Gasteiger charge is -2.28. The molecule has 0 unspecified atom stereocenters. The summed E-state index contributed by atoms with van der Waals surface area (Å²) in [5.74, 6) is 0.881. The van der Waals surface area contributed by atoms with E-state index in [1.807, 2.05) is 6.07 Å². The van der Waals surface area contributed by atoms with Gasteiger partial charge in [0.25, 0.3) is 0 Å². The van der Waals surface area contributed by atoms with Crippen molar-refractivity contribution in [2.75, 3.05) is 34.0 Å². The summed E-state index contributed by atoms with van der Waals surface area (Å²) < 4.78 is 28.1. The lowest BCUT2D eigenvalue weighted by Crippen LogP contribution is -2.45. The first-order valence-corrected chi connectivity index (χ1v) is 13.4. The number of hydrazone groups is 1. The fraction of sp³-hybridized carbons (Fsp3) is 0.333. The van der Waals surface area contributed by atoms with E-state index in [0.717, 1.165) is 3.57 Å². The van der Waals surface area contributed by atoms with Crippen molar-refractivity contribution in [3.63, 3.8) is 0 Å². The highest BCUT2D eigenvalue weighted by Gasteiger charge is 2.32. The van der Waals surface area contributed by atoms with Gasteiger partial charge < -0.3 is 39.4 Å². The number of aliphatic hydroxyl groups excluding tert-OH is 1. The second-order valence-electron chi connectivity index (χ2n) is 8.39. The zero-order valence-corrected chi connectivity index (χ0v) is 25.0. The molecule has 4 N–H and O–H groups in total. The highest BCUT2D eigenvalue weighted by molar-refractivity contribution is 14.1. The maximum absolute atomic E-state index is 12.4. The first-order valence-electron chi connectivity index (χ1n) is 12.3. The lowest BCUT2D eigenvalue weighted by atomic mass is 9.95. The van der Waals surface area contributed by atoms with Crippen LogP contribution in [0.4, 0.5) is 4.79 Å². The topological polar surface area (TPSA) is 173 Å². The second-order valence-corrected chi connectivity index (χ2v) is 9.63. The summed E-state index contributed by atoms with van der Waals surface area (Å²) in [7, 11) is 2.76. The van der Waals surface area contributed by atoms with Gasteiger partial charge in [-0.3, -0.25) is 5.43 Å². The van der Waals surface area contributed by atoms with Crippen molar-refractivity contribution in [3.8, 4) is 29.1 Å². The highest BCUT2D eigenvalue weighted by atomic mass is 127. The minimum Gasteiger partial charge on any atom is -0.493 e. The Hall–Kier alpha value is -4.23. The fourth-order valence-corrected chi connectivity index (χ4v) is 4.53. The minimum atomic E-state index is -1.20. The van der Waals surface area contributed by atoms with Crippen molar-refractivity contribution < 1.29 is 38.4 Å². The van der Waals surface area contributed by atoms with Gasteiger partial charge in [0.2, 0.25) is 0 Å². The predicted octanol–water partition coefficient (Wildman–Crippen LogP) is 2.72. The third kappa shape index (κ3) is 8.14. The van der Waals surface area contributed by atoms with Crippen molar-refractivity contribution in [1.82, 2.24) is 16.1 Å². The number of aliphatic hydroxyl groups is 1. The van der Waals surface area contributed by atoms with E-state index in [1.165, 1.54) is 20.4 Å². The van der Waals surface area contributed by atoms with Gasteiger partial charge in [0, 0.05) is 14.8 Å². The number of benzene rings is 2. The second kappa shape index (κ2) is 15.0. The Kier molecular flexibility index (Phi) is 11.4. The SMILES string of the molecule is CCOc1cc([C@@H]2NC(=O)NC(C)=C2C(=O)OC)ccc1OC[C@H](O)N/N=C/c1cc(I)cc(OC)c1OCC#N. The van der Waals surface area contributed by atoms with E-state index in [4.69, 9.17) is 28.9 Å². The van der Waals surface area contributed by atoms with Crippen molar-refractivity contribution in [2.45, 2.75) is 26.1 Å². The van der Waals surface area contributed by atoms with E-state index in [1.54, 1.807) is 44.2 Å². The normalized spacial score (nSPS) is 15.3. The zero-order chi connectivity index (χ0) is 29.9. The number of urea groups is 1. The van der Waals surface area contributed by atoms with Gasteiger partial charge in [-0.25, -0.2) is 9.59 Å². The number of ether oxygens (including phenoxy) is 5. The van der Waals surface area contributed by atoms with E-state index in [2.05, 4.69) is 43.8 Å². The van der Waals surface area contributed by atoms with Gasteiger partial charge >= 0.3 is 12.0 Å². The van der Waals surface area contributed by atoms with Crippen LogP contribution in [0.3, 0.4) is 0 Å². The molecule has 2 atom stereocenters. The summed E-state index contributed by atoms with van der Waals surface area (Å²) in [6.45, 7) is 3.36. The predicted molar refractivity (Wildman–Crippen MR) is 156 cm³/mol. The number of carbonyl (C=O) groups excluding carboxylic acids is 2. The summed E-state index contributed by atoms with van der Waals surface area (Å²) in [5.41, 5.74) is 4.32. The Balaban J connectivity index is 1.73. The van der Waals surface area contributed by atoms with Gasteiger partial charge in [-0.1, -0.05) is 6.07 Å². The molecule has 1 aliphatic rings. The number of rotatable bonds is 13. The van der Waals surface area contributed by atoms with Crippen LogP contribution < -0.4 is 35.0 Å². The number of carbonyl (C=O) groups is 2. The molecule has 0 saturated carbocycles. The van der Waals surface area contributed by atoms with Crippen LogP contribution in [0.5, 0.6) is 23.0 Å². The number of nitrogens with zero attached hydrogens (tertiary/aromatic N) is 2. The van der Waals surface area contributed by atoms with Crippen LogP contribution in [0.2, 0.25) is 0 Å². The molecule has 14 heteroatoms. The smallest absolute Gasteiger partial charge is 0.337 e. The molecule has 0 bridgehead atoms. The number of amides is 2. The maximum atomic E-state index is 12.4. The fourth-order valence-electron chi connectivity index (χ4n) is 3.91. The molecule has 0 aromatic heterocycles. The molecule has 41 heavy (non-hydrogen) atoms. The summed E-state index contributed by atoms with van der Waals surface area (Å²) in [4.78, 5) is 24.5. The lowest BCUT2D eigenvalue weighted by molar-refractivity contribution is -0.136. The van der Waals surface area contributed by atoms with Crippen molar-refractivity contribution in [2.24, 2.45) is 5.10 Å². The van der Waals surface area contributed by atoms with Crippen molar-refractivity contribution in [1.29, 1.82) is 5.26 Å². The molecule has 2 amide bonds. The van der Waals surface area contributed by atoms with Crippen LogP contribution in [0.15, 0.2) is 46.7 Å². The third-order valence-electron chi connectivity index (χ3n) is 5.65. The van der Waals surface area contributed by atoms with Gasteiger partial charge in [-0.15, -0.1) is 0 Å². The Bertz CT molecular complexity index is 1370. The van der Waals surface area contributed by atoms with Gasteiger partial charge in [-0.05, 0) is 66.3 Å². The average molecular weight is 679 g/mol. The summed E-state index contributed by atoms with van der Waals surface area (Å²) in [6, 6.07) is 9.17. The average Bonchev–Trinajstić information content (AvgIpc) is 2.95. The number of esters is 1. The van der Waals surface area contributed by atoms with Crippen molar-refractivity contribution in [3.05, 3.63) is 56.3 Å². The van der Waals surface area contributed by atoms with Crippen LogP contribution in [0.25, 0.3) is 0 Å². The minimum absolute atomic E-state index is 0.174. The monoisotopic (exact) mass is 679 g/mol. The molecule has 2 aromatic rings. The van der Waals surface area contributed by atoms with Crippen LogP contribution in [0, 0.1) is 14.9 Å². The first-order chi connectivity index (χ1) is 19.7. The van der Waals surface area contributed by atoms with E-state index in [-0.39, 0.29) is 18.8 Å². The third-order valence-corrected chi connectivity index (χ3v) is 6.27. The van der Waals surface area contributed by atoms with Crippen LogP contribution in [-0.4, -0.2) is 63.6 Å². The molecule has 0 saturated heterocycles. The van der Waals surface area contributed by atoms with Gasteiger partial charge in [0.1, 0.15) is 12.7 Å². The molecule has 1 aliphatic heterocycles. The molecule has 0 spiro atoms. The van der Waals surface area contributed by atoms with Gasteiger partial charge in [0.05, 0.1) is 38.7 Å². The molecular formula is C27H30IN5O8. The summed E-state index contributed by atoms with van der Waals surface area (Å²) in [5, 5.41) is 28.7. The molecule has 2 aromatic carbocycles. The molecule has 0 fully saturated rings. The number of nitrogens with one attached hydrogen (secondary N) is 3. The zero-order valence-electron chi connectivity index (χ0n) is 22.8. The summed E-state index contributed by atoms with van der Waals surface area (Å²) in [6.07, 6.45) is 0.233. The Labute approximate surface area is 250 Å². The number of halogens is 1. The standard InChI is InChI=1S/C27H30IN5O8/c1-5-39-20-11-16(24-23(26(35)38-4)15(2)31-27(36)32-24)6-7-19(20)41-14-22(34)33-30-13-17-10-18(28)12-21(37-3)25(17)40-9-8-29/h6-7,10-13,22,24,33-34H,5,9,14H2,1-4H3,(H2,31,32,36)/b30-13+/t22-,24-/m0/s1. The molecule has 0 radical (unpaired) electrons. The van der Waals surface area contributed by atoms with E-state index >= 15 is 0 Å². The largest absolute Gasteiger partial charge is 0.493 e. The van der Waals surface area contributed by atoms with Gasteiger partial charge in [0.15, 0.2) is 35.8 Å². The molecule has 3 rings (SSSR count). The molecule has 0 aliphatic carbocycles. The van der Waals surface area contributed by atoms with Gasteiger partial charge in [-0.2, -0.15) is 10.4 Å². The molecule has 13 nitrogen and oxygen atoms in total. The number of nitriles is 1. The van der Waals surface area contributed by atoms with Crippen LogP contribution in [-0.2, 0) is 9.53 Å². The molecule has 218 valence electrons. The Morgan fingerprint density at radius 2 is 2.00 bits per heavy atom. The highest BCUT2D eigenvalue weighted by Crippen LogP contribution is 2.35. The van der Waals surface area contributed by atoms with Crippen molar-refractivity contribution >= 4 is 40.8 Å². The number of methoxy groups -OCH3 is 2. The van der Waals surface area contributed by atoms with E-state index in [0.29, 0.717) is 46.4 Å². The van der Waals surface area contributed by atoms with E-state index in [9.17, 15) is 14.7 Å². The number of allylic oxidation sites excluding steroid dienone is 1. The molecular weight excluding hydrogens is 649 g/mol. The van der Waals surface area contributed by atoms with Crippen LogP contribution >= 0.6 is 22.6 Å². The molecule has 1 heterocycles. The maximum Gasteiger partial charge on any atom is 0.337 e. The number of hydrogen-bond donors (Lipinski definition) is 4. The summed E-state index contributed by atoms with van der Waals surface area (Å²) >= 11 is 2.11. The van der Waals surface area contributed by atoms with Crippen LogP contribution in [0.1, 0.15) is 31.0 Å². The first kappa shape index (κ1) is 31.3. The quantitative estimate of drug-likeness (QED) is 0.0811. The van der Waals surface area contributed by atoms with E-state index < -0.39 is 24.3 Å².